The maximum atomic E-state index is 12.4. The molecule has 1 aromatic rings. The van der Waals surface area contributed by atoms with Crippen molar-refractivity contribution in [3.05, 3.63) is 30.1 Å². The summed E-state index contributed by atoms with van der Waals surface area (Å²) < 4.78 is 11.2. The van der Waals surface area contributed by atoms with E-state index in [1.807, 2.05) is 17.3 Å². The largest absolute Gasteiger partial charge is 0.376 e. The summed E-state index contributed by atoms with van der Waals surface area (Å²) in [5.74, 6) is 0.0987. The second kappa shape index (κ2) is 9.85. The highest BCUT2D eigenvalue weighted by atomic mass is 16.5. The van der Waals surface area contributed by atoms with Crippen LogP contribution in [0.5, 0.6) is 0 Å². The Morgan fingerprint density at radius 1 is 1.16 bits per heavy atom. The summed E-state index contributed by atoms with van der Waals surface area (Å²) in [6, 6.07) is 4.10. The van der Waals surface area contributed by atoms with Crippen molar-refractivity contribution >= 4 is 5.91 Å². The number of rotatable bonds is 6. The molecular formula is C19H29N3O3. The van der Waals surface area contributed by atoms with Gasteiger partial charge in [-0.3, -0.25) is 14.7 Å². The molecule has 2 fully saturated rings. The van der Waals surface area contributed by atoms with Crippen LogP contribution in [0.3, 0.4) is 0 Å². The van der Waals surface area contributed by atoms with Gasteiger partial charge in [0.25, 0.3) is 0 Å². The molecular weight excluding hydrogens is 318 g/mol. The van der Waals surface area contributed by atoms with Crippen molar-refractivity contribution in [3.8, 4) is 0 Å². The summed E-state index contributed by atoms with van der Waals surface area (Å²) in [4.78, 5) is 20.8. The Hall–Kier alpha value is -1.50. The zero-order valence-electron chi connectivity index (χ0n) is 14.9. The summed E-state index contributed by atoms with van der Waals surface area (Å²) >= 11 is 0. The van der Waals surface area contributed by atoms with E-state index in [1.54, 1.807) is 0 Å². The third kappa shape index (κ3) is 6.06. The van der Waals surface area contributed by atoms with Crippen LogP contribution in [0.25, 0.3) is 0 Å². The minimum Gasteiger partial charge on any atom is -0.376 e. The number of nitrogens with zero attached hydrogens (tertiary/aromatic N) is 3. The molecule has 6 heteroatoms. The van der Waals surface area contributed by atoms with Gasteiger partial charge in [-0.2, -0.15) is 0 Å². The standard InChI is InChI=1S/C19H29N3O3/c23-19(16-24-15-18-4-1-2-13-25-18)22-10-3-9-21(11-12-22)14-17-5-7-20-8-6-17/h5-8,18H,1-4,9-16H2. The van der Waals surface area contributed by atoms with Crippen molar-refractivity contribution in [2.75, 3.05) is 46.0 Å². The third-order valence-electron chi connectivity index (χ3n) is 4.90. The van der Waals surface area contributed by atoms with Gasteiger partial charge in [0.05, 0.1) is 12.7 Å². The molecule has 1 atom stereocenters. The van der Waals surface area contributed by atoms with Crippen LogP contribution in [0.4, 0.5) is 0 Å². The molecule has 2 saturated heterocycles. The minimum atomic E-state index is 0.0987. The zero-order chi connectivity index (χ0) is 17.3. The highest BCUT2D eigenvalue weighted by Crippen LogP contribution is 2.13. The van der Waals surface area contributed by atoms with E-state index in [9.17, 15) is 4.79 Å². The summed E-state index contributed by atoms with van der Waals surface area (Å²) in [7, 11) is 0. The molecule has 3 heterocycles. The first-order valence-corrected chi connectivity index (χ1v) is 9.39. The molecule has 25 heavy (non-hydrogen) atoms. The zero-order valence-corrected chi connectivity index (χ0v) is 14.9. The number of pyridine rings is 1. The SMILES string of the molecule is O=C(COCC1CCCCO1)N1CCCN(Cc2ccncc2)CC1. The van der Waals surface area contributed by atoms with Crippen LogP contribution in [-0.2, 0) is 20.8 Å². The van der Waals surface area contributed by atoms with Gasteiger partial charge in [0, 0.05) is 51.7 Å². The van der Waals surface area contributed by atoms with Crippen LogP contribution in [0, 0.1) is 0 Å². The van der Waals surface area contributed by atoms with E-state index in [0.717, 1.165) is 58.6 Å². The quantitative estimate of drug-likeness (QED) is 0.784. The number of carbonyl (C=O) groups is 1. The molecule has 0 aromatic carbocycles. The molecule has 3 rings (SSSR count). The van der Waals surface area contributed by atoms with Gasteiger partial charge in [-0.05, 0) is 43.4 Å². The van der Waals surface area contributed by atoms with E-state index in [-0.39, 0.29) is 18.6 Å². The Bertz CT molecular complexity index is 520. The molecule has 6 nitrogen and oxygen atoms in total. The Balaban J connectivity index is 1.37. The summed E-state index contributed by atoms with van der Waals surface area (Å²) in [6.07, 6.45) is 8.21. The van der Waals surface area contributed by atoms with E-state index in [0.29, 0.717) is 6.61 Å². The predicted octanol–water partition coefficient (Wildman–Crippen LogP) is 1.70. The molecule has 1 amide bonds. The predicted molar refractivity (Wildman–Crippen MR) is 95.1 cm³/mol. The number of hydrogen-bond donors (Lipinski definition) is 0. The lowest BCUT2D eigenvalue weighted by Crippen LogP contribution is -2.38. The van der Waals surface area contributed by atoms with Gasteiger partial charge in [-0.25, -0.2) is 0 Å². The maximum Gasteiger partial charge on any atom is 0.248 e. The lowest BCUT2D eigenvalue weighted by atomic mass is 10.1. The first-order chi connectivity index (χ1) is 12.3. The van der Waals surface area contributed by atoms with Crippen molar-refractivity contribution < 1.29 is 14.3 Å². The van der Waals surface area contributed by atoms with Crippen LogP contribution in [0.2, 0.25) is 0 Å². The van der Waals surface area contributed by atoms with Gasteiger partial charge < -0.3 is 14.4 Å². The average Bonchev–Trinajstić information content (AvgIpc) is 2.89. The van der Waals surface area contributed by atoms with Crippen LogP contribution in [-0.4, -0.2) is 72.8 Å². The second-order valence-electron chi connectivity index (χ2n) is 6.87. The van der Waals surface area contributed by atoms with Crippen molar-refractivity contribution in [1.82, 2.24) is 14.8 Å². The topological polar surface area (TPSA) is 54.9 Å². The fourth-order valence-corrected chi connectivity index (χ4v) is 3.43. The average molecular weight is 347 g/mol. The van der Waals surface area contributed by atoms with Crippen molar-refractivity contribution in [2.45, 2.75) is 38.3 Å². The molecule has 1 unspecified atom stereocenters. The Morgan fingerprint density at radius 2 is 2.04 bits per heavy atom. The number of carbonyl (C=O) groups excluding carboxylic acids is 1. The highest BCUT2D eigenvalue weighted by Gasteiger charge is 2.20. The normalized spacial score (nSPS) is 22.6. The van der Waals surface area contributed by atoms with E-state index in [1.165, 1.54) is 12.0 Å². The van der Waals surface area contributed by atoms with Crippen LogP contribution < -0.4 is 0 Å². The van der Waals surface area contributed by atoms with Crippen molar-refractivity contribution in [1.29, 1.82) is 0 Å². The smallest absolute Gasteiger partial charge is 0.248 e. The maximum absolute atomic E-state index is 12.4. The van der Waals surface area contributed by atoms with E-state index >= 15 is 0 Å². The van der Waals surface area contributed by atoms with Gasteiger partial charge in [-0.1, -0.05) is 0 Å². The minimum absolute atomic E-state index is 0.0987. The summed E-state index contributed by atoms with van der Waals surface area (Å²) in [5.41, 5.74) is 1.27. The Labute approximate surface area is 150 Å². The molecule has 0 radical (unpaired) electrons. The number of ether oxygens (including phenoxy) is 2. The molecule has 138 valence electrons. The molecule has 2 aliphatic heterocycles. The fourth-order valence-electron chi connectivity index (χ4n) is 3.43. The van der Waals surface area contributed by atoms with Crippen LogP contribution >= 0.6 is 0 Å². The number of hydrogen-bond acceptors (Lipinski definition) is 5. The number of aromatic nitrogens is 1. The first-order valence-electron chi connectivity index (χ1n) is 9.39. The van der Waals surface area contributed by atoms with Gasteiger partial charge in [0.2, 0.25) is 5.91 Å². The molecule has 0 bridgehead atoms. The van der Waals surface area contributed by atoms with Gasteiger partial charge in [0.1, 0.15) is 6.61 Å². The lowest BCUT2D eigenvalue weighted by molar-refractivity contribution is -0.138. The molecule has 1 aromatic heterocycles. The van der Waals surface area contributed by atoms with Gasteiger partial charge >= 0.3 is 0 Å². The van der Waals surface area contributed by atoms with Gasteiger partial charge in [-0.15, -0.1) is 0 Å². The number of amides is 1. The molecule has 0 aliphatic carbocycles. The first kappa shape index (κ1) is 18.3. The molecule has 0 saturated carbocycles. The fraction of sp³-hybridized carbons (Fsp3) is 0.684. The Morgan fingerprint density at radius 3 is 2.84 bits per heavy atom. The van der Waals surface area contributed by atoms with Gasteiger partial charge in [0.15, 0.2) is 0 Å². The van der Waals surface area contributed by atoms with E-state index in [4.69, 9.17) is 9.47 Å². The monoisotopic (exact) mass is 347 g/mol. The molecule has 2 aliphatic rings. The van der Waals surface area contributed by atoms with E-state index in [2.05, 4.69) is 22.0 Å². The molecule has 0 N–H and O–H groups in total. The lowest BCUT2D eigenvalue weighted by Gasteiger charge is -2.24. The third-order valence-corrected chi connectivity index (χ3v) is 4.90. The van der Waals surface area contributed by atoms with Crippen LogP contribution in [0.15, 0.2) is 24.5 Å². The van der Waals surface area contributed by atoms with Crippen molar-refractivity contribution in [2.24, 2.45) is 0 Å². The Kier molecular flexibility index (Phi) is 7.21. The van der Waals surface area contributed by atoms with Crippen LogP contribution in [0.1, 0.15) is 31.2 Å². The summed E-state index contributed by atoms with van der Waals surface area (Å²) in [5, 5.41) is 0. The highest BCUT2D eigenvalue weighted by molar-refractivity contribution is 5.77. The molecule has 0 spiro atoms. The van der Waals surface area contributed by atoms with Crippen molar-refractivity contribution in [3.63, 3.8) is 0 Å². The summed E-state index contributed by atoms with van der Waals surface area (Å²) in [6.45, 7) is 5.95. The van der Waals surface area contributed by atoms with E-state index < -0.39 is 0 Å². The second-order valence-corrected chi connectivity index (χ2v) is 6.87.